The van der Waals surface area contributed by atoms with Gasteiger partial charge in [0.2, 0.25) is 0 Å². The first-order valence-electron chi connectivity index (χ1n) is 5.96. The van der Waals surface area contributed by atoms with E-state index in [1.54, 1.807) is 30.7 Å². The number of carboxylic acid groups (broad SMARTS) is 1. The van der Waals surface area contributed by atoms with E-state index >= 15 is 0 Å². The van der Waals surface area contributed by atoms with Crippen molar-refractivity contribution in [1.82, 2.24) is 9.97 Å². The highest BCUT2D eigenvalue weighted by Crippen LogP contribution is 2.33. The number of aromatic nitrogens is 2. The molecule has 0 saturated carbocycles. The minimum atomic E-state index is -0.935. The number of hydrogen-bond acceptors (Lipinski definition) is 4. The molecule has 0 unspecified atom stereocenters. The minimum Gasteiger partial charge on any atom is -0.490 e. The van der Waals surface area contributed by atoms with Crippen LogP contribution in [0.3, 0.4) is 0 Å². The van der Waals surface area contributed by atoms with Crippen LogP contribution in [0.1, 0.15) is 16.1 Å². The SMILES string of the molecule is O=C(O)c1ccc2c(c1)N(Cc1cnc[nH]1)CCO2. The van der Waals surface area contributed by atoms with Gasteiger partial charge >= 0.3 is 5.97 Å². The maximum absolute atomic E-state index is 11.0. The van der Waals surface area contributed by atoms with Gasteiger partial charge in [-0.25, -0.2) is 9.78 Å². The lowest BCUT2D eigenvalue weighted by molar-refractivity contribution is 0.0697. The number of aromatic carboxylic acids is 1. The fourth-order valence-corrected chi connectivity index (χ4v) is 2.15. The van der Waals surface area contributed by atoms with E-state index in [2.05, 4.69) is 14.9 Å². The number of hydrogen-bond donors (Lipinski definition) is 2. The van der Waals surface area contributed by atoms with Crippen molar-refractivity contribution < 1.29 is 14.6 Å². The van der Waals surface area contributed by atoms with Crippen LogP contribution in [0.25, 0.3) is 0 Å². The fourth-order valence-electron chi connectivity index (χ4n) is 2.15. The second-order valence-corrected chi connectivity index (χ2v) is 4.33. The molecule has 1 aromatic carbocycles. The molecule has 0 radical (unpaired) electrons. The van der Waals surface area contributed by atoms with E-state index in [1.807, 2.05) is 0 Å². The summed E-state index contributed by atoms with van der Waals surface area (Å²) in [5.74, 6) is -0.217. The standard InChI is InChI=1S/C13H13N3O3/c17-13(18)9-1-2-12-11(5-9)16(3-4-19-12)7-10-6-14-8-15-10/h1-2,5-6,8H,3-4,7H2,(H,14,15)(H,17,18). The lowest BCUT2D eigenvalue weighted by atomic mass is 10.1. The molecule has 1 aromatic heterocycles. The molecule has 2 N–H and O–H groups in total. The highest BCUT2D eigenvalue weighted by Gasteiger charge is 2.20. The van der Waals surface area contributed by atoms with Gasteiger partial charge in [0.15, 0.2) is 0 Å². The minimum absolute atomic E-state index is 0.263. The summed E-state index contributed by atoms with van der Waals surface area (Å²) in [6.07, 6.45) is 3.39. The van der Waals surface area contributed by atoms with Gasteiger partial charge in [-0.2, -0.15) is 0 Å². The predicted molar refractivity (Wildman–Crippen MR) is 68.5 cm³/mol. The summed E-state index contributed by atoms with van der Waals surface area (Å²) in [5.41, 5.74) is 2.05. The number of carboxylic acids is 1. The first-order chi connectivity index (χ1) is 9.24. The monoisotopic (exact) mass is 259 g/mol. The van der Waals surface area contributed by atoms with E-state index < -0.39 is 5.97 Å². The molecule has 6 nitrogen and oxygen atoms in total. The van der Waals surface area contributed by atoms with Gasteiger partial charge in [0.05, 0.1) is 36.4 Å². The van der Waals surface area contributed by atoms with Gasteiger partial charge in [0.25, 0.3) is 0 Å². The largest absolute Gasteiger partial charge is 0.490 e. The van der Waals surface area contributed by atoms with Crippen LogP contribution in [-0.4, -0.2) is 34.2 Å². The van der Waals surface area contributed by atoms with Gasteiger partial charge in [0, 0.05) is 6.20 Å². The Kier molecular flexibility index (Phi) is 2.83. The number of nitrogens with one attached hydrogen (secondary N) is 1. The zero-order chi connectivity index (χ0) is 13.2. The molecule has 0 atom stereocenters. The number of anilines is 1. The number of nitrogens with zero attached hydrogens (tertiary/aromatic N) is 2. The summed E-state index contributed by atoms with van der Waals surface area (Å²) in [5, 5.41) is 9.05. The van der Waals surface area contributed by atoms with Gasteiger partial charge in [-0.1, -0.05) is 0 Å². The molecule has 6 heteroatoms. The van der Waals surface area contributed by atoms with Crippen LogP contribution in [0.5, 0.6) is 5.75 Å². The Hall–Kier alpha value is -2.50. The van der Waals surface area contributed by atoms with E-state index in [9.17, 15) is 4.79 Å². The normalized spacial score (nSPS) is 13.8. The summed E-state index contributed by atoms with van der Waals surface area (Å²) in [6.45, 7) is 1.96. The fraction of sp³-hybridized carbons (Fsp3) is 0.231. The van der Waals surface area contributed by atoms with E-state index in [0.717, 1.165) is 23.7 Å². The van der Waals surface area contributed by atoms with Crippen molar-refractivity contribution in [2.75, 3.05) is 18.1 Å². The summed E-state index contributed by atoms with van der Waals surface area (Å²) < 4.78 is 5.55. The summed E-state index contributed by atoms with van der Waals surface area (Å²) in [4.78, 5) is 20.1. The lowest BCUT2D eigenvalue weighted by Crippen LogP contribution is -2.32. The van der Waals surface area contributed by atoms with Crippen molar-refractivity contribution in [2.45, 2.75) is 6.54 Å². The van der Waals surface area contributed by atoms with Crippen molar-refractivity contribution in [3.05, 3.63) is 42.0 Å². The Morgan fingerprint density at radius 3 is 3.16 bits per heavy atom. The Bertz CT molecular complexity index is 595. The Balaban J connectivity index is 1.93. The van der Waals surface area contributed by atoms with E-state index in [0.29, 0.717) is 13.2 Å². The molecule has 0 bridgehead atoms. The maximum atomic E-state index is 11.0. The zero-order valence-electron chi connectivity index (χ0n) is 10.2. The summed E-state index contributed by atoms with van der Waals surface area (Å²) in [7, 11) is 0. The average Bonchev–Trinajstić information content (AvgIpc) is 2.91. The lowest BCUT2D eigenvalue weighted by Gasteiger charge is -2.31. The van der Waals surface area contributed by atoms with Crippen LogP contribution >= 0.6 is 0 Å². The number of carbonyl (C=O) groups is 1. The maximum Gasteiger partial charge on any atom is 0.335 e. The third-order valence-corrected chi connectivity index (χ3v) is 3.08. The first kappa shape index (κ1) is 11.6. The van der Waals surface area contributed by atoms with E-state index in [1.165, 1.54) is 0 Å². The second-order valence-electron chi connectivity index (χ2n) is 4.33. The van der Waals surface area contributed by atoms with Crippen LogP contribution in [0.2, 0.25) is 0 Å². The number of fused-ring (bicyclic) bond motifs is 1. The Labute approximate surface area is 109 Å². The molecule has 0 spiro atoms. The molecule has 1 aliphatic heterocycles. The zero-order valence-corrected chi connectivity index (χ0v) is 10.2. The van der Waals surface area contributed by atoms with Crippen LogP contribution in [0, 0.1) is 0 Å². The highest BCUT2D eigenvalue weighted by atomic mass is 16.5. The van der Waals surface area contributed by atoms with Crippen molar-refractivity contribution in [3.8, 4) is 5.75 Å². The summed E-state index contributed by atoms with van der Waals surface area (Å²) >= 11 is 0. The van der Waals surface area contributed by atoms with Crippen LogP contribution in [-0.2, 0) is 6.54 Å². The molecule has 3 rings (SSSR count). The molecule has 2 heterocycles. The molecule has 0 aliphatic carbocycles. The van der Waals surface area contributed by atoms with Crippen molar-refractivity contribution in [1.29, 1.82) is 0 Å². The number of imidazole rings is 1. The highest BCUT2D eigenvalue weighted by molar-refractivity contribution is 5.89. The number of benzene rings is 1. The Morgan fingerprint density at radius 1 is 1.53 bits per heavy atom. The first-order valence-corrected chi connectivity index (χ1v) is 5.96. The molecule has 0 amide bonds. The van der Waals surface area contributed by atoms with Crippen LogP contribution in [0.15, 0.2) is 30.7 Å². The third kappa shape index (κ3) is 2.24. The Morgan fingerprint density at radius 2 is 2.42 bits per heavy atom. The average molecular weight is 259 g/mol. The molecule has 19 heavy (non-hydrogen) atoms. The van der Waals surface area contributed by atoms with Crippen molar-refractivity contribution in [3.63, 3.8) is 0 Å². The smallest absolute Gasteiger partial charge is 0.335 e. The number of aromatic amines is 1. The van der Waals surface area contributed by atoms with Gasteiger partial charge in [-0.05, 0) is 18.2 Å². The summed E-state index contributed by atoms with van der Waals surface area (Å²) in [6, 6.07) is 4.91. The van der Waals surface area contributed by atoms with E-state index in [-0.39, 0.29) is 5.56 Å². The molecule has 2 aromatic rings. The molecular formula is C13H13N3O3. The van der Waals surface area contributed by atoms with Gasteiger partial charge in [-0.15, -0.1) is 0 Å². The molecule has 1 aliphatic rings. The number of H-pyrrole nitrogens is 1. The van der Waals surface area contributed by atoms with E-state index in [4.69, 9.17) is 9.84 Å². The third-order valence-electron chi connectivity index (χ3n) is 3.08. The topological polar surface area (TPSA) is 78.5 Å². The molecular weight excluding hydrogens is 246 g/mol. The molecule has 98 valence electrons. The van der Waals surface area contributed by atoms with Gasteiger partial charge in [0.1, 0.15) is 12.4 Å². The van der Waals surface area contributed by atoms with Crippen LogP contribution < -0.4 is 9.64 Å². The second kappa shape index (κ2) is 4.64. The number of ether oxygens (including phenoxy) is 1. The quantitative estimate of drug-likeness (QED) is 0.873. The molecule has 0 fully saturated rings. The van der Waals surface area contributed by atoms with Crippen LogP contribution in [0.4, 0.5) is 5.69 Å². The molecule has 0 saturated heterocycles. The van der Waals surface area contributed by atoms with Gasteiger partial charge < -0.3 is 19.7 Å². The predicted octanol–water partition coefficient (Wildman–Crippen LogP) is 1.51. The van der Waals surface area contributed by atoms with Gasteiger partial charge in [-0.3, -0.25) is 0 Å². The van der Waals surface area contributed by atoms with Crippen molar-refractivity contribution in [2.24, 2.45) is 0 Å². The van der Waals surface area contributed by atoms with Crippen molar-refractivity contribution >= 4 is 11.7 Å². The number of rotatable bonds is 3.